The van der Waals surface area contributed by atoms with Crippen LogP contribution in [0.25, 0.3) is 0 Å². The first-order valence-electron chi connectivity index (χ1n) is 5.38. The fourth-order valence-electron chi connectivity index (χ4n) is 1.49. The summed E-state index contributed by atoms with van der Waals surface area (Å²) in [6.07, 6.45) is 1.76. The van der Waals surface area contributed by atoms with Crippen molar-refractivity contribution in [2.75, 3.05) is 18.0 Å². The van der Waals surface area contributed by atoms with Crippen LogP contribution >= 0.6 is 11.6 Å². The van der Waals surface area contributed by atoms with Gasteiger partial charge in [-0.15, -0.1) is 0 Å². The van der Waals surface area contributed by atoms with Gasteiger partial charge in [0.2, 0.25) is 5.28 Å². The molecule has 1 aromatic heterocycles. The number of halogens is 1. The Morgan fingerprint density at radius 1 is 1.41 bits per heavy atom. The molecule has 0 amide bonds. The van der Waals surface area contributed by atoms with Crippen molar-refractivity contribution < 1.29 is 0 Å². The summed E-state index contributed by atoms with van der Waals surface area (Å²) in [4.78, 5) is 9.89. The van der Waals surface area contributed by atoms with Gasteiger partial charge in [0.15, 0.2) is 5.82 Å². The zero-order valence-electron chi connectivity index (χ0n) is 10.2. The molecule has 0 atom stereocenters. The molecule has 0 aliphatic rings. The molecule has 0 bridgehead atoms. The van der Waals surface area contributed by atoms with Crippen molar-refractivity contribution in [1.29, 1.82) is 0 Å². The van der Waals surface area contributed by atoms with Crippen LogP contribution in [0.5, 0.6) is 0 Å². The van der Waals surface area contributed by atoms with E-state index in [-0.39, 0.29) is 11.1 Å². The van der Waals surface area contributed by atoms with Crippen LogP contribution < -0.4 is 11.5 Å². The van der Waals surface area contributed by atoms with Crippen molar-refractivity contribution in [1.82, 2.24) is 14.9 Å². The number of aromatic nitrogens is 2. The molecule has 0 saturated heterocycles. The highest BCUT2D eigenvalue weighted by Gasteiger charge is 2.11. The normalized spacial score (nSPS) is 10.6. The molecule has 0 spiro atoms. The van der Waals surface area contributed by atoms with E-state index in [0.29, 0.717) is 23.8 Å². The van der Waals surface area contributed by atoms with E-state index in [0.717, 1.165) is 6.54 Å². The Kier molecular flexibility index (Phi) is 4.57. The van der Waals surface area contributed by atoms with Crippen LogP contribution in [0.3, 0.4) is 0 Å². The Hall–Kier alpha value is -1.49. The van der Waals surface area contributed by atoms with Gasteiger partial charge in [0.1, 0.15) is 0 Å². The molecule has 1 aromatic rings. The number of anilines is 2. The minimum Gasteiger partial charge on any atom is -0.394 e. The van der Waals surface area contributed by atoms with E-state index >= 15 is 0 Å². The quantitative estimate of drug-likeness (QED) is 0.786. The molecule has 6 heteroatoms. The van der Waals surface area contributed by atoms with Crippen LogP contribution in [0, 0.1) is 5.92 Å². The molecule has 0 fully saturated rings. The van der Waals surface area contributed by atoms with E-state index in [9.17, 15) is 0 Å². The summed E-state index contributed by atoms with van der Waals surface area (Å²) in [7, 11) is 0. The molecule has 0 aliphatic heterocycles. The predicted octanol–water partition coefficient (Wildman–Crippen LogP) is 1.90. The number of nitrogen functional groups attached to an aromatic ring is 2. The van der Waals surface area contributed by atoms with Crippen LogP contribution in [0.15, 0.2) is 12.8 Å². The Bertz CT molecular complexity index is 405. The minimum atomic E-state index is 0.111. The molecular weight excluding hydrogens is 238 g/mol. The third-order valence-electron chi connectivity index (χ3n) is 2.24. The maximum absolute atomic E-state index is 5.82. The summed E-state index contributed by atoms with van der Waals surface area (Å²) in [5.41, 5.74) is 12.5. The molecule has 0 radical (unpaired) electrons. The van der Waals surface area contributed by atoms with E-state index in [1.54, 1.807) is 6.20 Å². The Labute approximate surface area is 106 Å². The molecule has 1 heterocycles. The topological polar surface area (TPSA) is 81.1 Å². The molecule has 0 unspecified atom stereocenters. The maximum Gasteiger partial charge on any atom is 0.224 e. The van der Waals surface area contributed by atoms with Gasteiger partial charge in [-0.2, -0.15) is 4.98 Å². The van der Waals surface area contributed by atoms with Crippen LogP contribution in [0.1, 0.15) is 19.5 Å². The molecule has 4 N–H and O–H groups in total. The third kappa shape index (κ3) is 3.78. The number of hydrogen-bond donors (Lipinski definition) is 2. The van der Waals surface area contributed by atoms with Gasteiger partial charge in [0.05, 0.1) is 17.9 Å². The Balaban J connectivity index is 2.89. The second kappa shape index (κ2) is 5.72. The first kappa shape index (κ1) is 13.6. The smallest absolute Gasteiger partial charge is 0.224 e. The highest BCUT2D eigenvalue weighted by molar-refractivity contribution is 6.28. The average molecular weight is 256 g/mol. The van der Waals surface area contributed by atoms with Gasteiger partial charge in [-0.25, -0.2) is 4.98 Å². The first-order valence-corrected chi connectivity index (χ1v) is 5.75. The maximum atomic E-state index is 5.82. The number of nitrogens with zero attached hydrogens (tertiary/aromatic N) is 3. The van der Waals surface area contributed by atoms with Crippen molar-refractivity contribution in [3.63, 3.8) is 0 Å². The van der Waals surface area contributed by atoms with Crippen LogP contribution in [0.2, 0.25) is 5.28 Å². The molecule has 94 valence electrons. The average Bonchev–Trinajstić information content (AvgIpc) is 2.23. The third-order valence-corrected chi connectivity index (χ3v) is 2.41. The second-order valence-corrected chi connectivity index (χ2v) is 4.58. The van der Waals surface area contributed by atoms with E-state index < -0.39 is 0 Å². The molecule has 0 aromatic carbocycles. The SMILES string of the molecule is C=CN(Cc1nc(Cl)nc(N)c1N)CC(C)C. The molecule has 0 aliphatic carbocycles. The van der Waals surface area contributed by atoms with Gasteiger partial charge in [-0.3, -0.25) is 0 Å². The molecule has 5 nitrogen and oxygen atoms in total. The summed E-state index contributed by atoms with van der Waals surface area (Å²) >= 11 is 5.75. The minimum absolute atomic E-state index is 0.111. The van der Waals surface area contributed by atoms with Gasteiger partial charge in [-0.1, -0.05) is 20.4 Å². The largest absolute Gasteiger partial charge is 0.394 e. The second-order valence-electron chi connectivity index (χ2n) is 4.24. The first-order chi connectivity index (χ1) is 7.93. The van der Waals surface area contributed by atoms with Crippen molar-refractivity contribution in [3.8, 4) is 0 Å². The lowest BCUT2D eigenvalue weighted by Crippen LogP contribution is -2.23. The number of hydrogen-bond acceptors (Lipinski definition) is 5. The van der Waals surface area contributed by atoms with Crippen LogP contribution in [-0.2, 0) is 6.54 Å². The van der Waals surface area contributed by atoms with Crippen LogP contribution in [-0.4, -0.2) is 21.4 Å². The Morgan fingerprint density at radius 2 is 2.06 bits per heavy atom. The van der Waals surface area contributed by atoms with E-state index in [1.165, 1.54) is 0 Å². The summed E-state index contributed by atoms with van der Waals surface area (Å²) in [6, 6.07) is 0. The summed E-state index contributed by atoms with van der Waals surface area (Å²) in [5.74, 6) is 0.734. The Morgan fingerprint density at radius 3 is 2.59 bits per heavy atom. The highest BCUT2D eigenvalue weighted by Crippen LogP contribution is 2.20. The van der Waals surface area contributed by atoms with Gasteiger partial charge < -0.3 is 16.4 Å². The standard InChI is InChI=1S/C11H18ClN5/c1-4-17(5-7(2)3)6-8-9(13)10(14)16-11(12)15-8/h4,7H,1,5-6,13H2,2-3H3,(H2,14,15,16). The van der Waals surface area contributed by atoms with E-state index in [4.69, 9.17) is 23.1 Å². The molecule has 1 rings (SSSR count). The van der Waals surface area contributed by atoms with Crippen molar-refractivity contribution in [2.24, 2.45) is 5.92 Å². The summed E-state index contributed by atoms with van der Waals surface area (Å²) in [6.45, 7) is 9.41. The van der Waals surface area contributed by atoms with Gasteiger partial charge in [-0.05, 0) is 23.7 Å². The van der Waals surface area contributed by atoms with Gasteiger partial charge >= 0.3 is 0 Å². The monoisotopic (exact) mass is 255 g/mol. The zero-order valence-corrected chi connectivity index (χ0v) is 10.9. The van der Waals surface area contributed by atoms with E-state index in [1.807, 2.05) is 4.90 Å². The fourth-order valence-corrected chi connectivity index (χ4v) is 1.68. The number of nitrogens with two attached hydrogens (primary N) is 2. The fraction of sp³-hybridized carbons (Fsp3) is 0.455. The molecule has 0 saturated carbocycles. The number of rotatable bonds is 5. The lowest BCUT2D eigenvalue weighted by Gasteiger charge is -2.22. The van der Waals surface area contributed by atoms with Crippen LogP contribution in [0.4, 0.5) is 11.5 Å². The van der Waals surface area contributed by atoms with Crippen molar-refractivity contribution in [3.05, 3.63) is 23.8 Å². The summed E-state index contributed by atoms with van der Waals surface area (Å²) in [5, 5.41) is 0.111. The van der Waals surface area contributed by atoms with Gasteiger partial charge in [0, 0.05) is 6.54 Å². The molecular formula is C11H18ClN5. The zero-order chi connectivity index (χ0) is 13.0. The summed E-state index contributed by atoms with van der Waals surface area (Å²) < 4.78 is 0. The van der Waals surface area contributed by atoms with Gasteiger partial charge in [0.25, 0.3) is 0 Å². The van der Waals surface area contributed by atoms with Crippen molar-refractivity contribution in [2.45, 2.75) is 20.4 Å². The highest BCUT2D eigenvalue weighted by atomic mass is 35.5. The molecule has 17 heavy (non-hydrogen) atoms. The lowest BCUT2D eigenvalue weighted by atomic mass is 10.2. The predicted molar refractivity (Wildman–Crippen MR) is 71.3 cm³/mol. The van der Waals surface area contributed by atoms with Crippen molar-refractivity contribution >= 4 is 23.1 Å². The van der Waals surface area contributed by atoms with E-state index in [2.05, 4.69) is 30.4 Å². The lowest BCUT2D eigenvalue weighted by molar-refractivity contribution is 0.321.